The second kappa shape index (κ2) is 5.83. The monoisotopic (exact) mass is 256 g/mol. The van der Waals surface area contributed by atoms with Crippen molar-refractivity contribution < 1.29 is 9.50 Å². The predicted octanol–water partition coefficient (Wildman–Crippen LogP) is 3.96. The van der Waals surface area contributed by atoms with Crippen LogP contribution in [-0.4, -0.2) is 11.2 Å². The summed E-state index contributed by atoms with van der Waals surface area (Å²) in [5.74, 6) is 0.342. The molecule has 0 amide bonds. The average Bonchev–Trinajstić information content (AvgIpc) is 2.76. The van der Waals surface area contributed by atoms with Gasteiger partial charge in [-0.15, -0.1) is 0 Å². The normalized spacial score (nSPS) is 18.5. The van der Waals surface area contributed by atoms with Crippen molar-refractivity contribution in [3.05, 3.63) is 34.6 Å². The van der Waals surface area contributed by atoms with Crippen molar-refractivity contribution in [2.45, 2.75) is 44.6 Å². The van der Waals surface area contributed by atoms with Crippen LogP contribution in [0.25, 0.3) is 0 Å². The molecule has 1 aliphatic carbocycles. The summed E-state index contributed by atoms with van der Waals surface area (Å²) in [5, 5.41) is 10.5. The van der Waals surface area contributed by atoms with Crippen LogP contribution in [0.3, 0.4) is 0 Å². The fourth-order valence-electron chi connectivity index (χ4n) is 2.67. The first-order valence-electron chi connectivity index (χ1n) is 6.27. The number of aliphatic hydroxyl groups excluding tert-OH is 1. The van der Waals surface area contributed by atoms with E-state index in [2.05, 4.69) is 0 Å². The van der Waals surface area contributed by atoms with E-state index in [4.69, 9.17) is 11.6 Å². The molecule has 3 heteroatoms. The quantitative estimate of drug-likeness (QED) is 0.865. The topological polar surface area (TPSA) is 20.2 Å². The summed E-state index contributed by atoms with van der Waals surface area (Å²) < 4.78 is 13.1. The molecule has 0 aliphatic heterocycles. The minimum absolute atomic E-state index is 0.294. The van der Waals surface area contributed by atoms with E-state index in [-0.39, 0.29) is 5.82 Å². The first-order valence-corrected chi connectivity index (χ1v) is 6.65. The Morgan fingerprint density at radius 1 is 1.35 bits per heavy atom. The SMILES string of the molecule is OC(Cc1cc(F)ccc1Cl)CC1CCCC1. The first-order chi connectivity index (χ1) is 8.15. The summed E-state index contributed by atoms with van der Waals surface area (Å²) in [6, 6.07) is 4.31. The van der Waals surface area contributed by atoms with Gasteiger partial charge in [-0.25, -0.2) is 4.39 Å². The number of hydrogen-bond donors (Lipinski definition) is 1. The summed E-state index contributed by atoms with van der Waals surface area (Å²) in [7, 11) is 0. The van der Waals surface area contributed by atoms with Gasteiger partial charge in [0, 0.05) is 5.02 Å². The molecule has 17 heavy (non-hydrogen) atoms. The molecule has 1 aromatic carbocycles. The fourth-order valence-corrected chi connectivity index (χ4v) is 2.86. The lowest BCUT2D eigenvalue weighted by molar-refractivity contribution is 0.143. The number of hydrogen-bond acceptors (Lipinski definition) is 1. The van der Waals surface area contributed by atoms with Gasteiger partial charge in [-0.3, -0.25) is 0 Å². The lowest BCUT2D eigenvalue weighted by Gasteiger charge is -2.16. The molecule has 0 radical (unpaired) electrons. The molecule has 1 fully saturated rings. The molecule has 0 saturated heterocycles. The number of aliphatic hydroxyl groups is 1. The van der Waals surface area contributed by atoms with E-state index in [9.17, 15) is 9.50 Å². The lowest BCUT2D eigenvalue weighted by atomic mass is 9.96. The molecule has 0 bridgehead atoms. The summed E-state index contributed by atoms with van der Waals surface area (Å²) >= 11 is 5.98. The smallest absolute Gasteiger partial charge is 0.123 e. The van der Waals surface area contributed by atoms with Gasteiger partial charge in [-0.1, -0.05) is 37.3 Å². The van der Waals surface area contributed by atoms with Crippen LogP contribution in [0.5, 0.6) is 0 Å². The van der Waals surface area contributed by atoms with Gasteiger partial charge < -0.3 is 5.11 Å². The Morgan fingerprint density at radius 3 is 2.76 bits per heavy atom. The minimum Gasteiger partial charge on any atom is -0.393 e. The molecule has 0 aromatic heterocycles. The summed E-state index contributed by atoms with van der Waals surface area (Å²) in [6.07, 6.45) is 5.84. The van der Waals surface area contributed by atoms with Crippen LogP contribution in [0.1, 0.15) is 37.7 Å². The lowest BCUT2D eigenvalue weighted by Crippen LogP contribution is -2.15. The molecule has 1 unspecified atom stereocenters. The van der Waals surface area contributed by atoms with E-state index >= 15 is 0 Å². The highest BCUT2D eigenvalue weighted by molar-refractivity contribution is 6.31. The van der Waals surface area contributed by atoms with E-state index < -0.39 is 6.10 Å². The van der Waals surface area contributed by atoms with E-state index in [1.165, 1.54) is 37.8 Å². The Morgan fingerprint density at radius 2 is 2.06 bits per heavy atom. The van der Waals surface area contributed by atoms with Crippen LogP contribution in [0.15, 0.2) is 18.2 Å². The third-order valence-electron chi connectivity index (χ3n) is 3.54. The van der Waals surface area contributed by atoms with E-state index in [1.807, 2.05) is 0 Å². The zero-order valence-electron chi connectivity index (χ0n) is 9.83. The number of rotatable bonds is 4. The summed E-state index contributed by atoms with van der Waals surface area (Å²) in [6.45, 7) is 0. The zero-order valence-corrected chi connectivity index (χ0v) is 10.6. The van der Waals surface area contributed by atoms with Gasteiger partial charge in [0.05, 0.1) is 6.10 Å². The maximum atomic E-state index is 13.1. The van der Waals surface area contributed by atoms with E-state index in [0.717, 1.165) is 6.42 Å². The van der Waals surface area contributed by atoms with Crippen molar-refractivity contribution in [1.29, 1.82) is 0 Å². The van der Waals surface area contributed by atoms with Gasteiger partial charge in [0.1, 0.15) is 5.82 Å². The molecule has 1 atom stereocenters. The third kappa shape index (κ3) is 3.68. The largest absolute Gasteiger partial charge is 0.393 e. The number of halogens is 2. The van der Waals surface area contributed by atoms with Crippen molar-refractivity contribution in [3.8, 4) is 0 Å². The molecule has 94 valence electrons. The van der Waals surface area contributed by atoms with Gasteiger partial charge in [0.2, 0.25) is 0 Å². The summed E-state index contributed by atoms with van der Waals surface area (Å²) in [4.78, 5) is 0. The van der Waals surface area contributed by atoms with Gasteiger partial charge in [-0.05, 0) is 42.5 Å². The van der Waals surface area contributed by atoms with Gasteiger partial charge >= 0.3 is 0 Å². The molecule has 1 nitrogen and oxygen atoms in total. The van der Waals surface area contributed by atoms with E-state index in [1.54, 1.807) is 6.07 Å². The van der Waals surface area contributed by atoms with Gasteiger partial charge in [-0.2, -0.15) is 0 Å². The highest BCUT2D eigenvalue weighted by Gasteiger charge is 2.19. The van der Waals surface area contributed by atoms with Gasteiger partial charge in [0.25, 0.3) is 0 Å². The van der Waals surface area contributed by atoms with Crippen molar-refractivity contribution in [2.75, 3.05) is 0 Å². The highest BCUT2D eigenvalue weighted by atomic mass is 35.5. The van der Waals surface area contributed by atoms with Crippen molar-refractivity contribution >= 4 is 11.6 Å². The third-order valence-corrected chi connectivity index (χ3v) is 3.91. The fraction of sp³-hybridized carbons (Fsp3) is 0.571. The van der Waals surface area contributed by atoms with Crippen LogP contribution < -0.4 is 0 Å². The average molecular weight is 257 g/mol. The van der Waals surface area contributed by atoms with Crippen LogP contribution in [0.2, 0.25) is 5.02 Å². The molecular formula is C14H18ClFO. The van der Waals surface area contributed by atoms with E-state index in [0.29, 0.717) is 22.9 Å². The van der Waals surface area contributed by atoms with Crippen LogP contribution >= 0.6 is 11.6 Å². The molecule has 1 N–H and O–H groups in total. The molecule has 2 rings (SSSR count). The van der Waals surface area contributed by atoms with Crippen LogP contribution in [0, 0.1) is 11.7 Å². The molecule has 1 aromatic rings. The standard InChI is InChI=1S/C14H18ClFO/c15-14-6-5-12(16)8-11(14)9-13(17)7-10-3-1-2-4-10/h5-6,8,10,13,17H,1-4,7,9H2. The van der Waals surface area contributed by atoms with Crippen molar-refractivity contribution in [1.82, 2.24) is 0 Å². The Bertz CT molecular complexity index is 374. The Labute approximate surface area is 107 Å². The second-order valence-corrected chi connectivity index (χ2v) is 5.39. The Kier molecular flexibility index (Phi) is 4.41. The zero-order chi connectivity index (χ0) is 12.3. The van der Waals surface area contributed by atoms with Crippen molar-refractivity contribution in [3.63, 3.8) is 0 Å². The Balaban J connectivity index is 1.92. The maximum Gasteiger partial charge on any atom is 0.123 e. The predicted molar refractivity (Wildman–Crippen MR) is 67.7 cm³/mol. The first kappa shape index (κ1) is 12.8. The summed E-state index contributed by atoms with van der Waals surface area (Å²) in [5.41, 5.74) is 0.706. The van der Waals surface area contributed by atoms with Crippen LogP contribution in [-0.2, 0) is 6.42 Å². The molecule has 1 saturated carbocycles. The molecule has 0 spiro atoms. The van der Waals surface area contributed by atoms with Gasteiger partial charge in [0.15, 0.2) is 0 Å². The Hall–Kier alpha value is -0.600. The number of benzene rings is 1. The second-order valence-electron chi connectivity index (χ2n) is 4.98. The van der Waals surface area contributed by atoms with Crippen LogP contribution in [0.4, 0.5) is 4.39 Å². The minimum atomic E-state index is -0.405. The molecule has 0 heterocycles. The molecular weight excluding hydrogens is 239 g/mol. The maximum absolute atomic E-state index is 13.1. The highest BCUT2D eigenvalue weighted by Crippen LogP contribution is 2.30. The molecule has 1 aliphatic rings. The van der Waals surface area contributed by atoms with Crippen molar-refractivity contribution in [2.24, 2.45) is 5.92 Å².